The molecule has 0 aromatic carbocycles. The van der Waals surface area contributed by atoms with E-state index in [0.717, 1.165) is 15.6 Å². The number of nitrogens with two attached hydrogens (primary N) is 1. The van der Waals surface area contributed by atoms with Gasteiger partial charge in [0.25, 0.3) is 0 Å². The van der Waals surface area contributed by atoms with Crippen LogP contribution in [0.15, 0.2) is 12.1 Å². The number of halogens is 1. The van der Waals surface area contributed by atoms with Crippen LogP contribution in [0.25, 0.3) is 0 Å². The van der Waals surface area contributed by atoms with E-state index >= 15 is 0 Å². The molecular formula is C14H21ClN2OS. The lowest BCUT2D eigenvalue weighted by Crippen LogP contribution is -2.41. The van der Waals surface area contributed by atoms with Crippen molar-refractivity contribution in [2.45, 2.75) is 51.1 Å². The zero-order valence-corrected chi connectivity index (χ0v) is 12.6. The number of carbonyl (C=O) groups excluding carboxylic acids is 1. The van der Waals surface area contributed by atoms with Gasteiger partial charge in [0.2, 0.25) is 5.91 Å². The molecule has 3 N–H and O–H groups in total. The second-order valence-electron chi connectivity index (χ2n) is 5.27. The molecule has 1 aromatic rings. The van der Waals surface area contributed by atoms with Gasteiger partial charge in [0.15, 0.2) is 0 Å². The van der Waals surface area contributed by atoms with E-state index in [1.54, 1.807) is 0 Å². The predicted octanol–water partition coefficient (Wildman–Crippen LogP) is 3.32. The molecule has 3 nitrogen and oxygen atoms in total. The Morgan fingerprint density at radius 2 is 2.16 bits per heavy atom. The first kappa shape index (κ1) is 14.8. The summed E-state index contributed by atoms with van der Waals surface area (Å²) >= 11 is 7.34. The minimum absolute atomic E-state index is 0.0462. The summed E-state index contributed by atoms with van der Waals surface area (Å²) in [5.74, 6) is 0.584. The van der Waals surface area contributed by atoms with Crippen LogP contribution in [0.2, 0.25) is 4.34 Å². The van der Waals surface area contributed by atoms with Gasteiger partial charge in [0, 0.05) is 4.88 Å². The van der Waals surface area contributed by atoms with E-state index in [4.69, 9.17) is 17.3 Å². The lowest BCUT2D eigenvalue weighted by molar-refractivity contribution is -0.122. The number of amides is 1. The van der Waals surface area contributed by atoms with Crippen molar-refractivity contribution in [1.29, 1.82) is 0 Å². The average Bonchev–Trinajstić information content (AvgIpc) is 2.83. The fraction of sp³-hybridized carbons (Fsp3) is 0.643. The van der Waals surface area contributed by atoms with Gasteiger partial charge in [-0.25, -0.2) is 0 Å². The molecule has 1 amide bonds. The Balaban J connectivity index is 1.72. The SMILES string of the molecule is NC(CC1CCCCC1)C(=O)NCc1ccc(Cl)s1. The zero-order valence-electron chi connectivity index (χ0n) is 11.0. The highest BCUT2D eigenvalue weighted by Gasteiger charge is 2.21. The van der Waals surface area contributed by atoms with Crippen molar-refractivity contribution in [2.75, 3.05) is 0 Å². The molecule has 0 bridgehead atoms. The fourth-order valence-electron chi connectivity index (χ4n) is 2.64. The van der Waals surface area contributed by atoms with E-state index in [1.165, 1.54) is 43.4 Å². The molecule has 0 radical (unpaired) electrons. The Hall–Kier alpha value is -0.580. The summed E-state index contributed by atoms with van der Waals surface area (Å²) in [6, 6.07) is 3.40. The van der Waals surface area contributed by atoms with E-state index in [1.807, 2.05) is 12.1 Å². The van der Waals surface area contributed by atoms with Crippen LogP contribution < -0.4 is 11.1 Å². The Morgan fingerprint density at radius 3 is 2.79 bits per heavy atom. The van der Waals surface area contributed by atoms with Crippen molar-refractivity contribution in [3.05, 3.63) is 21.3 Å². The maximum atomic E-state index is 11.9. The van der Waals surface area contributed by atoms with Crippen LogP contribution in [0, 0.1) is 5.92 Å². The van der Waals surface area contributed by atoms with Gasteiger partial charge in [-0.05, 0) is 24.5 Å². The number of nitrogens with one attached hydrogen (secondary N) is 1. The Kier molecular flexibility index (Phi) is 5.67. The second-order valence-corrected chi connectivity index (χ2v) is 7.07. The van der Waals surface area contributed by atoms with E-state index in [-0.39, 0.29) is 11.9 Å². The molecule has 1 heterocycles. The largest absolute Gasteiger partial charge is 0.350 e. The minimum atomic E-state index is -0.376. The van der Waals surface area contributed by atoms with Gasteiger partial charge in [0.1, 0.15) is 0 Å². The highest BCUT2D eigenvalue weighted by molar-refractivity contribution is 7.16. The van der Waals surface area contributed by atoms with Crippen molar-refractivity contribution >= 4 is 28.8 Å². The molecule has 106 valence electrons. The molecule has 1 fully saturated rings. The Labute approximate surface area is 123 Å². The lowest BCUT2D eigenvalue weighted by atomic mass is 9.85. The number of thiophene rings is 1. The smallest absolute Gasteiger partial charge is 0.237 e. The summed E-state index contributed by atoms with van der Waals surface area (Å²) < 4.78 is 0.746. The second kappa shape index (κ2) is 7.27. The average molecular weight is 301 g/mol. The molecule has 19 heavy (non-hydrogen) atoms. The molecule has 1 aliphatic rings. The van der Waals surface area contributed by atoms with Gasteiger partial charge in [-0.2, -0.15) is 0 Å². The Bertz CT molecular complexity index is 415. The van der Waals surface area contributed by atoms with Gasteiger partial charge in [-0.3, -0.25) is 4.79 Å². The standard InChI is InChI=1S/C14H21ClN2OS/c15-13-7-6-11(19-13)9-17-14(18)12(16)8-10-4-2-1-3-5-10/h6-7,10,12H,1-5,8-9,16H2,(H,17,18). The predicted molar refractivity (Wildman–Crippen MR) is 80.3 cm³/mol. The highest BCUT2D eigenvalue weighted by atomic mass is 35.5. The quantitative estimate of drug-likeness (QED) is 0.876. The van der Waals surface area contributed by atoms with Crippen LogP contribution in [0.1, 0.15) is 43.4 Å². The van der Waals surface area contributed by atoms with Crippen molar-refractivity contribution in [2.24, 2.45) is 11.7 Å². The van der Waals surface area contributed by atoms with Crippen LogP contribution in [0.4, 0.5) is 0 Å². The third-order valence-corrected chi connectivity index (χ3v) is 4.95. The van der Waals surface area contributed by atoms with Crippen LogP contribution in [0.5, 0.6) is 0 Å². The van der Waals surface area contributed by atoms with E-state index in [2.05, 4.69) is 5.32 Å². The maximum absolute atomic E-state index is 11.9. The lowest BCUT2D eigenvalue weighted by Gasteiger charge is -2.24. The van der Waals surface area contributed by atoms with Crippen molar-refractivity contribution < 1.29 is 4.79 Å². The highest BCUT2D eigenvalue weighted by Crippen LogP contribution is 2.27. The molecule has 1 atom stereocenters. The molecule has 1 unspecified atom stereocenters. The van der Waals surface area contributed by atoms with Gasteiger partial charge < -0.3 is 11.1 Å². The topological polar surface area (TPSA) is 55.1 Å². The van der Waals surface area contributed by atoms with E-state index in [0.29, 0.717) is 12.5 Å². The normalized spacial score (nSPS) is 18.2. The van der Waals surface area contributed by atoms with Gasteiger partial charge in [-0.15, -0.1) is 11.3 Å². The molecule has 1 saturated carbocycles. The summed E-state index contributed by atoms with van der Waals surface area (Å²) in [6.07, 6.45) is 7.16. The first-order valence-corrected chi connectivity index (χ1v) is 8.12. The monoisotopic (exact) mass is 300 g/mol. The summed E-state index contributed by atoms with van der Waals surface area (Å²) in [5, 5.41) is 2.89. The molecule has 0 saturated heterocycles. The van der Waals surface area contributed by atoms with Crippen molar-refractivity contribution in [1.82, 2.24) is 5.32 Å². The van der Waals surface area contributed by atoms with Crippen molar-refractivity contribution in [3.8, 4) is 0 Å². The van der Waals surface area contributed by atoms with Crippen LogP contribution in [-0.4, -0.2) is 11.9 Å². The zero-order chi connectivity index (χ0) is 13.7. The van der Waals surface area contributed by atoms with Gasteiger partial charge >= 0.3 is 0 Å². The third-order valence-electron chi connectivity index (χ3n) is 3.71. The number of carbonyl (C=O) groups is 1. The Morgan fingerprint density at radius 1 is 1.42 bits per heavy atom. The number of hydrogen-bond donors (Lipinski definition) is 2. The van der Waals surface area contributed by atoms with Crippen molar-refractivity contribution in [3.63, 3.8) is 0 Å². The molecule has 1 aliphatic carbocycles. The third kappa shape index (κ3) is 4.79. The molecule has 1 aromatic heterocycles. The van der Waals surface area contributed by atoms with Crippen LogP contribution >= 0.6 is 22.9 Å². The molecule has 5 heteroatoms. The van der Waals surface area contributed by atoms with E-state index in [9.17, 15) is 4.79 Å². The molecule has 0 spiro atoms. The summed E-state index contributed by atoms with van der Waals surface area (Å²) in [5.41, 5.74) is 5.98. The van der Waals surface area contributed by atoms with Gasteiger partial charge in [0.05, 0.1) is 16.9 Å². The first-order chi connectivity index (χ1) is 9.15. The fourth-order valence-corrected chi connectivity index (χ4v) is 3.67. The van der Waals surface area contributed by atoms with Crippen LogP contribution in [-0.2, 0) is 11.3 Å². The summed E-state index contributed by atoms with van der Waals surface area (Å²) in [4.78, 5) is 13.0. The summed E-state index contributed by atoms with van der Waals surface area (Å²) in [7, 11) is 0. The molecule has 0 aliphatic heterocycles. The molecule has 2 rings (SSSR count). The first-order valence-electron chi connectivity index (χ1n) is 6.92. The minimum Gasteiger partial charge on any atom is -0.350 e. The van der Waals surface area contributed by atoms with E-state index < -0.39 is 0 Å². The number of rotatable bonds is 5. The van der Waals surface area contributed by atoms with Crippen LogP contribution in [0.3, 0.4) is 0 Å². The number of hydrogen-bond acceptors (Lipinski definition) is 3. The molecular weight excluding hydrogens is 280 g/mol. The maximum Gasteiger partial charge on any atom is 0.237 e. The van der Waals surface area contributed by atoms with Gasteiger partial charge in [-0.1, -0.05) is 43.7 Å². The summed E-state index contributed by atoms with van der Waals surface area (Å²) in [6.45, 7) is 0.522.